The molecule has 3 rings (SSSR count). The average Bonchev–Trinajstić information content (AvgIpc) is 2.36. The van der Waals surface area contributed by atoms with Crippen LogP contribution in [-0.2, 0) is 0 Å². The number of amides is 1. The lowest BCUT2D eigenvalue weighted by Crippen LogP contribution is -2.11. The van der Waals surface area contributed by atoms with Gasteiger partial charge in [0, 0.05) is 15.8 Å². The number of rotatable bonds is 1. The molecule has 1 heterocycles. The molecule has 0 spiro atoms. The molecule has 0 radical (unpaired) electrons. The zero-order chi connectivity index (χ0) is 12.7. The van der Waals surface area contributed by atoms with Gasteiger partial charge in [-0.15, -0.1) is 0 Å². The first-order valence-electron chi connectivity index (χ1n) is 5.44. The number of para-hydroxylation sites is 1. The summed E-state index contributed by atoms with van der Waals surface area (Å²) in [7, 11) is 0. The van der Waals surface area contributed by atoms with Gasteiger partial charge in [0.05, 0.1) is 16.6 Å². The average molecular weight is 257 g/mol. The maximum Gasteiger partial charge on any atom is 0.250 e. The molecule has 3 nitrogen and oxygen atoms in total. The van der Waals surface area contributed by atoms with E-state index in [4.69, 9.17) is 17.3 Å². The van der Waals surface area contributed by atoms with Crippen molar-refractivity contribution in [3.63, 3.8) is 0 Å². The maximum atomic E-state index is 11.4. The molecular formula is C14H9ClN2O. The maximum absolute atomic E-state index is 11.4. The number of nitrogens with zero attached hydrogens (tertiary/aromatic N) is 1. The summed E-state index contributed by atoms with van der Waals surface area (Å²) in [4.78, 5) is 15.8. The van der Waals surface area contributed by atoms with Gasteiger partial charge >= 0.3 is 0 Å². The van der Waals surface area contributed by atoms with Gasteiger partial charge in [0.25, 0.3) is 5.91 Å². The molecule has 0 atom stereocenters. The standard InChI is InChI=1S/C14H9ClN2O/c15-11-5-2-6-12-10(11)7-8-3-1-4-9(14(16)18)13(8)17-12/h1-7H,(H2,16,18). The van der Waals surface area contributed by atoms with Crippen molar-refractivity contribution in [1.29, 1.82) is 0 Å². The largest absolute Gasteiger partial charge is 0.366 e. The number of primary amides is 1. The predicted octanol–water partition coefficient (Wildman–Crippen LogP) is 3.14. The van der Waals surface area contributed by atoms with E-state index in [1.165, 1.54) is 0 Å². The quantitative estimate of drug-likeness (QED) is 0.680. The molecule has 0 bridgehead atoms. The van der Waals surface area contributed by atoms with E-state index in [1.54, 1.807) is 12.1 Å². The topological polar surface area (TPSA) is 56.0 Å². The number of carbonyl (C=O) groups is 1. The van der Waals surface area contributed by atoms with Crippen molar-refractivity contribution in [2.45, 2.75) is 0 Å². The van der Waals surface area contributed by atoms with E-state index in [1.807, 2.05) is 30.3 Å². The summed E-state index contributed by atoms with van der Waals surface area (Å²) >= 11 is 6.13. The molecule has 0 fully saturated rings. The van der Waals surface area contributed by atoms with Crippen molar-refractivity contribution in [3.05, 3.63) is 53.1 Å². The van der Waals surface area contributed by atoms with Gasteiger partial charge in [-0.3, -0.25) is 4.79 Å². The Labute approximate surface area is 108 Å². The Bertz CT molecular complexity index is 783. The van der Waals surface area contributed by atoms with Gasteiger partial charge in [0.1, 0.15) is 0 Å². The minimum Gasteiger partial charge on any atom is -0.366 e. The van der Waals surface area contributed by atoms with Crippen LogP contribution in [0.2, 0.25) is 5.02 Å². The van der Waals surface area contributed by atoms with E-state index in [-0.39, 0.29) is 0 Å². The number of hydrogen-bond acceptors (Lipinski definition) is 2. The minimum atomic E-state index is -0.477. The predicted molar refractivity (Wildman–Crippen MR) is 72.8 cm³/mol. The number of pyridine rings is 1. The second-order valence-electron chi connectivity index (χ2n) is 4.04. The monoisotopic (exact) mass is 256 g/mol. The number of benzene rings is 2. The lowest BCUT2D eigenvalue weighted by molar-refractivity contribution is 0.100. The number of aromatic nitrogens is 1. The van der Waals surface area contributed by atoms with Crippen LogP contribution in [0.5, 0.6) is 0 Å². The van der Waals surface area contributed by atoms with Crippen LogP contribution < -0.4 is 5.73 Å². The lowest BCUT2D eigenvalue weighted by atomic mass is 10.1. The highest BCUT2D eigenvalue weighted by Gasteiger charge is 2.09. The molecule has 4 heteroatoms. The second kappa shape index (κ2) is 3.96. The van der Waals surface area contributed by atoms with Crippen LogP contribution in [0.1, 0.15) is 10.4 Å². The molecule has 0 aliphatic carbocycles. The summed E-state index contributed by atoms with van der Waals surface area (Å²) in [6.07, 6.45) is 0. The molecule has 0 unspecified atom stereocenters. The molecule has 1 amide bonds. The Morgan fingerprint density at radius 3 is 2.72 bits per heavy atom. The van der Waals surface area contributed by atoms with E-state index in [0.717, 1.165) is 16.3 Å². The van der Waals surface area contributed by atoms with Crippen molar-refractivity contribution >= 4 is 39.3 Å². The molecule has 0 aliphatic heterocycles. The van der Waals surface area contributed by atoms with Crippen molar-refractivity contribution < 1.29 is 4.79 Å². The molecule has 0 saturated carbocycles. The molecule has 3 aromatic rings. The van der Waals surface area contributed by atoms with E-state index < -0.39 is 5.91 Å². The molecule has 2 aromatic carbocycles. The molecule has 0 saturated heterocycles. The third-order valence-corrected chi connectivity index (χ3v) is 3.22. The summed E-state index contributed by atoms with van der Waals surface area (Å²) in [5, 5.41) is 2.37. The Kier molecular flexibility index (Phi) is 2.42. The molecule has 2 N–H and O–H groups in total. The van der Waals surface area contributed by atoms with Crippen LogP contribution in [0.15, 0.2) is 42.5 Å². The Morgan fingerprint density at radius 2 is 1.94 bits per heavy atom. The van der Waals surface area contributed by atoms with Crippen LogP contribution in [-0.4, -0.2) is 10.9 Å². The van der Waals surface area contributed by atoms with Crippen molar-refractivity contribution in [2.75, 3.05) is 0 Å². The summed E-state index contributed by atoms with van der Waals surface area (Å²) in [5.74, 6) is -0.477. The molecular weight excluding hydrogens is 248 g/mol. The minimum absolute atomic E-state index is 0.425. The van der Waals surface area contributed by atoms with Gasteiger partial charge in [-0.1, -0.05) is 29.8 Å². The third-order valence-electron chi connectivity index (χ3n) is 2.89. The van der Waals surface area contributed by atoms with Gasteiger partial charge in [0.15, 0.2) is 0 Å². The van der Waals surface area contributed by atoms with E-state index in [9.17, 15) is 4.79 Å². The first kappa shape index (κ1) is 11.0. The zero-order valence-corrected chi connectivity index (χ0v) is 10.1. The van der Waals surface area contributed by atoms with Crippen LogP contribution in [0.25, 0.3) is 21.8 Å². The SMILES string of the molecule is NC(=O)c1cccc2cc3c(Cl)cccc3nc12. The van der Waals surface area contributed by atoms with Gasteiger partial charge < -0.3 is 5.73 Å². The first-order chi connectivity index (χ1) is 8.66. The Morgan fingerprint density at radius 1 is 1.17 bits per heavy atom. The highest BCUT2D eigenvalue weighted by molar-refractivity contribution is 6.35. The van der Waals surface area contributed by atoms with Gasteiger partial charge in [-0.2, -0.15) is 0 Å². The zero-order valence-electron chi connectivity index (χ0n) is 9.35. The van der Waals surface area contributed by atoms with Gasteiger partial charge in [0.2, 0.25) is 0 Å². The Balaban J connectivity index is 2.49. The van der Waals surface area contributed by atoms with E-state index in [0.29, 0.717) is 16.1 Å². The lowest BCUT2D eigenvalue weighted by Gasteiger charge is -2.05. The fourth-order valence-corrected chi connectivity index (χ4v) is 2.27. The number of hydrogen-bond donors (Lipinski definition) is 1. The third kappa shape index (κ3) is 1.60. The van der Waals surface area contributed by atoms with Crippen LogP contribution >= 0.6 is 11.6 Å². The number of halogens is 1. The fourth-order valence-electron chi connectivity index (χ4n) is 2.04. The first-order valence-corrected chi connectivity index (χ1v) is 5.82. The number of nitrogens with two attached hydrogens (primary N) is 1. The van der Waals surface area contributed by atoms with Gasteiger partial charge in [-0.05, 0) is 24.3 Å². The normalized spacial score (nSPS) is 10.9. The number of carbonyl (C=O) groups excluding carboxylic acids is 1. The van der Waals surface area contributed by atoms with Crippen LogP contribution in [0, 0.1) is 0 Å². The van der Waals surface area contributed by atoms with Gasteiger partial charge in [-0.25, -0.2) is 4.98 Å². The second-order valence-corrected chi connectivity index (χ2v) is 4.44. The van der Waals surface area contributed by atoms with Crippen LogP contribution in [0.3, 0.4) is 0 Å². The molecule has 1 aromatic heterocycles. The number of fused-ring (bicyclic) bond motifs is 2. The smallest absolute Gasteiger partial charge is 0.250 e. The summed E-state index contributed by atoms with van der Waals surface area (Å²) in [6, 6.07) is 12.8. The van der Waals surface area contributed by atoms with Crippen molar-refractivity contribution in [2.24, 2.45) is 5.73 Å². The van der Waals surface area contributed by atoms with Crippen molar-refractivity contribution in [1.82, 2.24) is 4.98 Å². The summed E-state index contributed by atoms with van der Waals surface area (Å²) in [6.45, 7) is 0. The van der Waals surface area contributed by atoms with E-state index >= 15 is 0 Å². The molecule has 0 aliphatic rings. The van der Waals surface area contributed by atoms with E-state index in [2.05, 4.69) is 4.98 Å². The summed E-state index contributed by atoms with van der Waals surface area (Å²) in [5.41, 5.74) is 7.14. The molecule has 88 valence electrons. The summed E-state index contributed by atoms with van der Waals surface area (Å²) < 4.78 is 0. The Hall–Kier alpha value is -2.13. The molecule has 18 heavy (non-hydrogen) atoms. The van der Waals surface area contributed by atoms with Crippen molar-refractivity contribution in [3.8, 4) is 0 Å². The highest BCUT2D eigenvalue weighted by atomic mass is 35.5. The highest BCUT2D eigenvalue weighted by Crippen LogP contribution is 2.27. The fraction of sp³-hybridized carbons (Fsp3) is 0. The van der Waals surface area contributed by atoms with Crippen LogP contribution in [0.4, 0.5) is 0 Å².